The molecule has 8 aromatic carbocycles. The molecule has 1 heterocycles. The number of anilines is 6. The van der Waals surface area contributed by atoms with Crippen molar-refractivity contribution in [3.8, 4) is 22.3 Å². The summed E-state index contributed by atoms with van der Waals surface area (Å²) in [6.07, 6.45) is 0. The van der Waals surface area contributed by atoms with Gasteiger partial charge in [-0.25, -0.2) is 0 Å². The first kappa shape index (κ1) is 30.6. The van der Waals surface area contributed by atoms with Gasteiger partial charge in [-0.3, -0.25) is 0 Å². The van der Waals surface area contributed by atoms with Crippen LogP contribution in [-0.2, 0) is 0 Å². The van der Waals surface area contributed by atoms with Gasteiger partial charge in [-0.15, -0.1) is 11.3 Å². The van der Waals surface area contributed by atoms with Gasteiger partial charge in [-0.1, -0.05) is 121 Å². The molecule has 0 atom stereocenters. The van der Waals surface area contributed by atoms with Crippen LogP contribution in [0.2, 0.25) is 0 Å². The lowest BCUT2D eigenvalue weighted by molar-refractivity contribution is 1.28. The number of thiophene rings is 1. The minimum absolute atomic E-state index is 1.10. The summed E-state index contributed by atoms with van der Waals surface area (Å²) in [6.45, 7) is 0. The minimum Gasteiger partial charge on any atom is -0.310 e. The number of rotatable bonds is 8. The van der Waals surface area contributed by atoms with Gasteiger partial charge in [0.15, 0.2) is 0 Å². The predicted molar refractivity (Wildman–Crippen MR) is 220 cm³/mol. The summed E-state index contributed by atoms with van der Waals surface area (Å²) in [5.41, 5.74) is 11.4. The maximum atomic E-state index is 2.34. The Balaban J connectivity index is 1.08. The Bertz CT molecular complexity index is 2540. The van der Waals surface area contributed by atoms with Gasteiger partial charge in [-0.2, -0.15) is 0 Å². The molecule has 0 N–H and O–H groups in total. The zero-order valence-corrected chi connectivity index (χ0v) is 28.7. The molecular weight excluding hydrogens is 637 g/mol. The summed E-state index contributed by atoms with van der Waals surface area (Å²) in [6, 6.07) is 73.9. The van der Waals surface area contributed by atoms with Crippen molar-refractivity contribution in [2.75, 3.05) is 9.80 Å². The highest BCUT2D eigenvalue weighted by Gasteiger charge is 2.16. The number of hydrogen-bond acceptors (Lipinski definition) is 3. The van der Waals surface area contributed by atoms with E-state index in [2.05, 4.69) is 216 Å². The van der Waals surface area contributed by atoms with Crippen LogP contribution >= 0.6 is 11.3 Å². The molecule has 0 aliphatic heterocycles. The lowest BCUT2D eigenvalue weighted by Crippen LogP contribution is -2.10. The zero-order chi connectivity index (χ0) is 34.0. The summed E-state index contributed by atoms with van der Waals surface area (Å²) in [7, 11) is 0. The molecule has 0 bridgehead atoms. The second-order valence-corrected chi connectivity index (χ2v) is 13.7. The Morgan fingerprint density at radius 2 is 0.667 bits per heavy atom. The molecule has 0 saturated heterocycles. The smallest absolute Gasteiger partial charge is 0.0467 e. The van der Waals surface area contributed by atoms with Crippen LogP contribution in [0.3, 0.4) is 0 Å². The first-order valence-electron chi connectivity index (χ1n) is 17.3. The number of fused-ring (bicyclic) bond motifs is 3. The molecule has 0 unspecified atom stereocenters. The second kappa shape index (κ2) is 13.5. The number of hydrogen-bond donors (Lipinski definition) is 0. The molecule has 242 valence electrons. The van der Waals surface area contributed by atoms with Crippen molar-refractivity contribution in [2.45, 2.75) is 0 Å². The molecule has 2 nitrogen and oxygen atoms in total. The van der Waals surface area contributed by atoms with Gasteiger partial charge in [-0.05, 0) is 107 Å². The van der Waals surface area contributed by atoms with Gasteiger partial charge >= 0.3 is 0 Å². The largest absolute Gasteiger partial charge is 0.310 e. The number of nitrogens with zero attached hydrogens (tertiary/aromatic N) is 2. The SMILES string of the molecule is c1ccc(N(c2ccccc2)c2cccc(-c3cccc(N(c4ccccc4)c4ccc(-c5ccc6c(c5)sc5ccccc56)cc4)c3)c2)cc1. The summed E-state index contributed by atoms with van der Waals surface area (Å²) in [5.74, 6) is 0. The van der Waals surface area contributed by atoms with E-state index in [9.17, 15) is 0 Å². The molecule has 3 heteroatoms. The normalized spacial score (nSPS) is 11.1. The fourth-order valence-electron chi connectivity index (χ4n) is 6.98. The Kier molecular flexibility index (Phi) is 8.09. The molecule has 0 radical (unpaired) electrons. The van der Waals surface area contributed by atoms with Gasteiger partial charge in [0.2, 0.25) is 0 Å². The third-order valence-corrected chi connectivity index (χ3v) is 10.6. The van der Waals surface area contributed by atoms with Crippen LogP contribution in [0.1, 0.15) is 0 Å². The molecule has 9 rings (SSSR count). The third-order valence-electron chi connectivity index (χ3n) is 9.42. The molecule has 0 amide bonds. The first-order valence-corrected chi connectivity index (χ1v) is 18.1. The highest BCUT2D eigenvalue weighted by Crippen LogP contribution is 2.41. The second-order valence-electron chi connectivity index (χ2n) is 12.6. The van der Waals surface area contributed by atoms with E-state index in [0.717, 1.165) is 45.3 Å². The third kappa shape index (κ3) is 6.05. The molecule has 0 saturated carbocycles. The van der Waals surface area contributed by atoms with E-state index in [1.165, 1.54) is 31.3 Å². The van der Waals surface area contributed by atoms with Crippen LogP contribution < -0.4 is 9.80 Å². The molecule has 0 aliphatic rings. The summed E-state index contributed by atoms with van der Waals surface area (Å²) < 4.78 is 2.65. The van der Waals surface area contributed by atoms with Crippen molar-refractivity contribution in [3.05, 3.63) is 206 Å². The fourth-order valence-corrected chi connectivity index (χ4v) is 8.13. The molecular formula is C48H34N2S. The average molecular weight is 671 g/mol. The maximum Gasteiger partial charge on any atom is 0.0467 e. The maximum absolute atomic E-state index is 2.34. The Morgan fingerprint density at radius 3 is 1.22 bits per heavy atom. The average Bonchev–Trinajstić information content (AvgIpc) is 3.58. The van der Waals surface area contributed by atoms with E-state index < -0.39 is 0 Å². The van der Waals surface area contributed by atoms with E-state index in [1.807, 2.05) is 11.3 Å². The van der Waals surface area contributed by atoms with Gasteiger partial charge in [0.25, 0.3) is 0 Å². The highest BCUT2D eigenvalue weighted by atomic mass is 32.1. The van der Waals surface area contributed by atoms with Crippen LogP contribution in [0.5, 0.6) is 0 Å². The van der Waals surface area contributed by atoms with Crippen molar-refractivity contribution in [2.24, 2.45) is 0 Å². The summed E-state index contributed by atoms with van der Waals surface area (Å²) in [5, 5.41) is 2.65. The Labute approximate surface area is 302 Å². The molecule has 0 aliphatic carbocycles. The van der Waals surface area contributed by atoms with Crippen molar-refractivity contribution in [1.29, 1.82) is 0 Å². The van der Waals surface area contributed by atoms with E-state index in [1.54, 1.807) is 0 Å². The minimum atomic E-state index is 1.10. The van der Waals surface area contributed by atoms with Crippen LogP contribution in [0, 0.1) is 0 Å². The van der Waals surface area contributed by atoms with Gasteiger partial charge in [0, 0.05) is 54.3 Å². The van der Waals surface area contributed by atoms with Crippen molar-refractivity contribution < 1.29 is 0 Å². The standard InChI is InChI=1S/C48H34N2S/c1-4-16-39(17-5-1)49(40-18-6-2-7-19-40)43-22-12-14-36(32-43)37-15-13-23-44(33-37)50(41-20-8-3-9-21-41)42-29-26-35(27-30-42)38-28-31-46-45-24-10-11-25-47(45)51-48(46)34-38/h1-34H. The summed E-state index contributed by atoms with van der Waals surface area (Å²) >= 11 is 1.86. The van der Waals surface area contributed by atoms with E-state index in [0.29, 0.717) is 0 Å². The van der Waals surface area contributed by atoms with E-state index in [-0.39, 0.29) is 0 Å². The number of para-hydroxylation sites is 3. The van der Waals surface area contributed by atoms with E-state index >= 15 is 0 Å². The van der Waals surface area contributed by atoms with Crippen LogP contribution in [0.15, 0.2) is 206 Å². The summed E-state index contributed by atoms with van der Waals surface area (Å²) in [4.78, 5) is 4.65. The molecule has 0 spiro atoms. The Morgan fingerprint density at radius 1 is 0.255 bits per heavy atom. The number of benzene rings is 8. The highest BCUT2D eigenvalue weighted by molar-refractivity contribution is 7.25. The van der Waals surface area contributed by atoms with Gasteiger partial charge in [0.05, 0.1) is 0 Å². The first-order chi connectivity index (χ1) is 25.3. The van der Waals surface area contributed by atoms with Crippen LogP contribution in [-0.4, -0.2) is 0 Å². The molecule has 0 fully saturated rings. The quantitative estimate of drug-likeness (QED) is 0.159. The van der Waals surface area contributed by atoms with Crippen LogP contribution in [0.4, 0.5) is 34.1 Å². The topological polar surface area (TPSA) is 6.48 Å². The van der Waals surface area contributed by atoms with Crippen LogP contribution in [0.25, 0.3) is 42.4 Å². The lowest BCUT2D eigenvalue weighted by atomic mass is 10.0. The Hall–Kier alpha value is -6.42. The van der Waals surface area contributed by atoms with E-state index in [4.69, 9.17) is 0 Å². The van der Waals surface area contributed by atoms with Crippen molar-refractivity contribution in [3.63, 3.8) is 0 Å². The molecule has 51 heavy (non-hydrogen) atoms. The zero-order valence-electron chi connectivity index (χ0n) is 27.9. The van der Waals surface area contributed by atoms with Gasteiger partial charge < -0.3 is 9.80 Å². The predicted octanol–water partition coefficient (Wildman–Crippen LogP) is 14.3. The molecule has 1 aromatic heterocycles. The van der Waals surface area contributed by atoms with Gasteiger partial charge in [0.1, 0.15) is 0 Å². The molecule has 9 aromatic rings. The monoisotopic (exact) mass is 670 g/mol. The fraction of sp³-hybridized carbons (Fsp3) is 0. The van der Waals surface area contributed by atoms with Crippen molar-refractivity contribution in [1.82, 2.24) is 0 Å². The van der Waals surface area contributed by atoms with Crippen molar-refractivity contribution >= 4 is 65.6 Å². The lowest BCUT2D eigenvalue weighted by Gasteiger charge is -2.27.